The summed E-state index contributed by atoms with van der Waals surface area (Å²) in [5, 5.41) is 10.1. The molecule has 0 radical (unpaired) electrons. The molecule has 0 amide bonds. The van der Waals surface area contributed by atoms with Crippen LogP contribution in [0.1, 0.15) is 24.8 Å². The molecule has 2 fully saturated rings. The summed E-state index contributed by atoms with van der Waals surface area (Å²) in [5.41, 5.74) is 1.16. The van der Waals surface area contributed by atoms with Gasteiger partial charge >= 0.3 is 0 Å². The van der Waals surface area contributed by atoms with Crippen LogP contribution in [0.3, 0.4) is 0 Å². The standard InChI is InChI=1S/C13H17NO/c15-13(4-9-2-1-3-14-8-9)12-6-10-5-11(10)7-12/h1-3,8,10-13,15H,4-7H2. The number of hydrogen-bond donors (Lipinski definition) is 1. The van der Waals surface area contributed by atoms with Gasteiger partial charge in [0.05, 0.1) is 6.10 Å². The van der Waals surface area contributed by atoms with Crippen LogP contribution in [0, 0.1) is 17.8 Å². The van der Waals surface area contributed by atoms with Gasteiger partial charge in [0.2, 0.25) is 0 Å². The van der Waals surface area contributed by atoms with Gasteiger partial charge in [0.1, 0.15) is 0 Å². The number of hydrogen-bond acceptors (Lipinski definition) is 2. The van der Waals surface area contributed by atoms with Gasteiger partial charge in [0, 0.05) is 18.8 Å². The van der Waals surface area contributed by atoms with E-state index in [1.165, 1.54) is 19.3 Å². The second kappa shape index (κ2) is 3.60. The lowest BCUT2D eigenvalue weighted by Gasteiger charge is -2.19. The molecule has 2 aliphatic carbocycles. The molecule has 1 heterocycles. The molecule has 3 atom stereocenters. The van der Waals surface area contributed by atoms with E-state index in [1.54, 1.807) is 6.20 Å². The maximum Gasteiger partial charge on any atom is 0.0609 e. The van der Waals surface area contributed by atoms with Crippen molar-refractivity contribution in [2.75, 3.05) is 0 Å². The van der Waals surface area contributed by atoms with Gasteiger partial charge in [-0.05, 0) is 48.6 Å². The molecule has 2 nitrogen and oxygen atoms in total. The van der Waals surface area contributed by atoms with E-state index in [0.29, 0.717) is 5.92 Å². The van der Waals surface area contributed by atoms with Crippen molar-refractivity contribution in [1.82, 2.24) is 4.98 Å². The molecule has 2 aliphatic rings. The lowest BCUT2D eigenvalue weighted by Crippen LogP contribution is -2.21. The molecule has 15 heavy (non-hydrogen) atoms. The minimum absolute atomic E-state index is 0.151. The van der Waals surface area contributed by atoms with Crippen molar-refractivity contribution in [1.29, 1.82) is 0 Å². The van der Waals surface area contributed by atoms with Crippen LogP contribution in [0.25, 0.3) is 0 Å². The third kappa shape index (κ3) is 1.91. The summed E-state index contributed by atoms with van der Waals surface area (Å²) in [6, 6.07) is 3.99. The van der Waals surface area contributed by atoms with E-state index in [0.717, 1.165) is 23.8 Å². The highest BCUT2D eigenvalue weighted by Crippen LogP contribution is 2.55. The third-order valence-electron chi connectivity index (χ3n) is 3.99. The largest absolute Gasteiger partial charge is 0.392 e. The molecular formula is C13H17NO. The smallest absolute Gasteiger partial charge is 0.0609 e. The number of fused-ring (bicyclic) bond motifs is 1. The van der Waals surface area contributed by atoms with E-state index in [1.807, 2.05) is 18.3 Å². The van der Waals surface area contributed by atoms with Crippen molar-refractivity contribution in [3.8, 4) is 0 Å². The second-order valence-corrected chi connectivity index (χ2v) is 5.12. The SMILES string of the molecule is OC(Cc1cccnc1)C1CC2CC2C1. The first kappa shape index (κ1) is 9.34. The summed E-state index contributed by atoms with van der Waals surface area (Å²) in [5.74, 6) is 2.46. The van der Waals surface area contributed by atoms with Crippen molar-refractivity contribution in [3.05, 3.63) is 30.1 Å². The minimum Gasteiger partial charge on any atom is -0.392 e. The highest BCUT2D eigenvalue weighted by Gasteiger charge is 2.47. The third-order valence-corrected chi connectivity index (χ3v) is 3.99. The Kier molecular flexibility index (Phi) is 2.24. The van der Waals surface area contributed by atoms with E-state index in [2.05, 4.69) is 4.98 Å². The van der Waals surface area contributed by atoms with Crippen LogP contribution < -0.4 is 0 Å². The number of pyridine rings is 1. The van der Waals surface area contributed by atoms with Crippen LogP contribution in [0.4, 0.5) is 0 Å². The van der Waals surface area contributed by atoms with Crippen LogP contribution >= 0.6 is 0 Å². The van der Waals surface area contributed by atoms with Gasteiger partial charge in [-0.2, -0.15) is 0 Å². The van der Waals surface area contributed by atoms with Gasteiger partial charge in [-0.25, -0.2) is 0 Å². The first-order chi connectivity index (χ1) is 7.33. The second-order valence-electron chi connectivity index (χ2n) is 5.12. The van der Waals surface area contributed by atoms with Crippen LogP contribution in [0.15, 0.2) is 24.5 Å². The minimum atomic E-state index is -0.151. The van der Waals surface area contributed by atoms with E-state index in [9.17, 15) is 5.11 Å². The molecule has 1 N–H and O–H groups in total. The Balaban J connectivity index is 1.59. The van der Waals surface area contributed by atoms with Gasteiger partial charge in [0.15, 0.2) is 0 Å². The van der Waals surface area contributed by atoms with E-state index < -0.39 is 0 Å². The zero-order chi connectivity index (χ0) is 10.3. The number of rotatable bonds is 3. The van der Waals surface area contributed by atoms with Crippen molar-refractivity contribution in [3.63, 3.8) is 0 Å². The predicted octanol–water partition coefficient (Wildman–Crippen LogP) is 2.03. The van der Waals surface area contributed by atoms with Crippen LogP contribution in [-0.2, 0) is 6.42 Å². The molecule has 3 rings (SSSR count). The first-order valence-corrected chi connectivity index (χ1v) is 5.90. The summed E-state index contributed by atoms with van der Waals surface area (Å²) in [7, 11) is 0. The summed E-state index contributed by atoms with van der Waals surface area (Å²) in [6.45, 7) is 0. The van der Waals surface area contributed by atoms with Crippen LogP contribution in [0.2, 0.25) is 0 Å². The van der Waals surface area contributed by atoms with Crippen LogP contribution in [-0.4, -0.2) is 16.2 Å². The molecule has 0 spiro atoms. The fourth-order valence-electron chi connectivity index (χ4n) is 3.00. The fourth-order valence-corrected chi connectivity index (χ4v) is 3.00. The first-order valence-electron chi connectivity index (χ1n) is 5.90. The Hall–Kier alpha value is -0.890. The molecule has 0 aliphatic heterocycles. The molecule has 2 saturated carbocycles. The lowest BCUT2D eigenvalue weighted by molar-refractivity contribution is 0.104. The summed E-state index contributed by atoms with van der Waals surface area (Å²) < 4.78 is 0. The molecule has 3 unspecified atom stereocenters. The van der Waals surface area contributed by atoms with Gasteiger partial charge < -0.3 is 5.11 Å². The van der Waals surface area contributed by atoms with Crippen molar-refractivity contribution < 1.29 is 5.11 Å². The Labute approximate surface area is 90.4 Å². The van der Waals surface area contributed by atoms with Crippen molar-refractivity contribution >= 4 is 0 Å². The lowest BCUT2D eigenvalue weighted by atomic mass is 9.92. The Morgan fingerprint density at radius 3 is 2.80 bits per heavy atom. The van der Waals surface area contributed by atoms with Crippen molar-refractivity contribution in [2.45, 2.75) is 31.8 Å². The molecule has 2 heteroatoms. The predicted molar refractivity (Wildman–Crippen MR) is 58.3 cm³/mol. The Morgan fingerprint density at radius 1 is 1.33 bits per heavy atom. The molecule has 0 aromatic carbocycles. The normalized spacial score (nSPS) is 34.9. The highest BCUT2D eigenvalue weighted by atomic mass is 16.3. The summed E-state index contributed by atoms with van der Waals surface area (Å²) >= 11 is 0. The number of aliphatic hydroxyl groups excluding tert-OH is 1. The fraction of sp³-hybridized carbons (Fsp3) is 0.615. The number of aliphatic hydroxyl groups is 1. The van der Waals surface area contributed by atoms with E-state index >= 15 is 0 Å². The van der Waals surface area contributed by atoms with E-state index in [-0.39, 0.29) is 6.10 Å². The number of aromatic nitrogens is 1. The summed E-state index contributed by atoms with van der Waals surface area (Å²) in [6.07, 6.45) is 8.20. The average Bonchev–Trinajstić information content (AvgIpc) is 2.87. The van der Waals surface area contributed by atoms with Gasteiger partial charge in [-0.15, -0.1) is 0 Å². The topological polar surface area (TPSA) is 33.1 Å². The van der Waals surface area contributed by atoms with Crippen LogP contribution in [0.5, 0.6) is 0 Å². The average molecular weight is 203 g/mol. The molecule has 0 bridgehead atoms. The zero-order valence-electron chi connectivity index (χ0n) is 8.84. The molecular weight excluding hydrogens is 186 g/mol. The number of nitrogens with zero attached hydrogens (tertiary/aromatic N) is 1. The monoisotopic (exact) mass is 203 g/mol. The maximum atomic E-state index is 10.1. The Bertz CT molecular complexity index is 328. The van der Waals surface area contributed by atoms with Gasteiger partial charge in [0.25, 0.3) is 0 Å². The molecule has 1 aromatic rings. The highest BCUT2D eigenvalue weighted by molar-refractivity contribution is 5.10. The van der Waals surface area contributed by atoms with Crippen molar-refractivity contribution in [2.24, 2.45) is 17.8 Å². The summed E-state index contributed by atoms with van der Waals surface area (Å²) in [4.78, 5) is 4.08. The quantitative estimate of drug-likeness (QED) is 0.815. The molecule has 0 saturated heterocycles. The van der Waals surface area contributed by atoms with Gasteiger partial charge in [-0.3, -0.25) is 4.98 Å². The van der Waals surface area contributed by atoms with E-state index in [4.69, 9.17) is 0 Å². The maximum absolute atomic E-state index is 10.1. The van der Waals surface area contributed by atoms with Gasteiger partial charge in [-0.1, -0.05) is 6.07 Å². The zero-order valence-corrected chi connectivity index (χ0v) is 8.84. The Morgan fingerprint density at radius 2 is 2.13 bits per heavy atom. The molecule has 80 valence electrons. The molecule has 1 aromatic heterocycles.